The normalized spacial score (nSPS) is 10.9. The van der Waals surface area contributed by atoms with Crippen LogP contribution < -0.4 is 5.32 Å². The lowest BCUT2D eigenvalue weighted by molar-refractivity contribution is 0.865. The Labute approximate surface area is 81.7 Å². The summed E-state index contributed by atoms with van der Waals surface area (Å²) in [5.74, 6) is 0.678. The Kier molecular flexibility index (Phi) is 4.00. The third kappa shape index (κ3) is 3.72. The van der Waals surface area contributed by atoms with E-state index in [-0.39, 0.29) is 0 Å². The lowest BCUT2D eigenvalue weighted by atomic mass is 10.2. The van der Waals surface area contributed by atoms with E-state index in [4.69, 9.17) is 5.26 Å². The predicted molar refractivity (Wildman–Crippen MR) is 54.7 cm³/mol. The summed E-state index contributed by atoms with van der Waals surface area (Å²) in [6.45, 7) is 2.62. The van der Waals surface area contributed by atoms with Gasteiger partial charge in [0.1, 0.15) is 5.84 Å². The summed E-state index contributed by atoms with van der Waals surface area (Å²) < 4.78 is 0. The van der Waals surface area contributed by atoms with Gasteiger partial charge >= 0.3 is 0 Å². The second-order valence-electron chi connectivity index (χ2n) is 2.61. The molecule has 1 rings (SSSR count). The molecular formula is C9H11N3S. The first kappa shape index (κ1) is 9.75. The molecule has 1 aromatic heterocycles. The Hall–Kier alpha value is -1.34. The summed E-state index contributed by atoms with van der Waals surface area (Å²) in [4.78, 5) is 3.56. The van der Waals surface area contributed by atoms with Crippen LogP contribution in [0.15, 0.2) is 21.8 Å². The van der Waals surface area contributed by atoms with Crippen molar-refractivity contribution in [3.63, 3.8) is 0 Å². The number of nitrogens with zero attached hydrogens (tertiary/aromatic N) is 2. The van der Waals surface area contributed by atoms with Crippen molar-refractivity contribution in [2.24, 2.45) is 4.99 Å². The van der Waals surface area contributed by atoms with Crippen LogP contribution in [0.25, 0.3) is 0 Å². The van der Waals surface area contributed by atoms with Crippen molar-refractivity contribution >= 4 is 17.2 Å². The maximum absolute atomic E-state index is 8.24. The van der Waals surface area contributed by atoms with Gasteiger partial charge in [-0.15, -0.1) is 0 Å². The first-order valence-electron chi connectivity index (χ1n) is 4.01. The molecule has 0 atom stereocenters. The van der Waals surface area contributed by atoms with Crippen molar-refractivity contribution in [1.29, 1.82) is 5.26 Å². The molecule has 0 aliphatic heterocycles. The van der Waals surface area contributed by atoms with Crippen molar-refractivity contribution in [1.82, 2.24) is 5.32 Å². The molecule has 0 aliphatic rings. The number of aliphatic imine (C=N–C) groups is 1. The summed E-state index contributed by atoms with van der Waals surface area (Å²) in [6.07, 6.45) is 2.71. The number of nitriles is 1. The van der Waals surface area contributed by atoms with Gasteiger partial charge in [0.2, 0.25) is 6.19 Å². The van der Waals surface area contributed by atoms with Gasteiger partial charge in [-0.25, -0.2) is 0 Å². The van der Waals surface area contributed by atoms with E-state index < -0.39 is 0 Å². The van der Waals surface area contributed by atoms with Crippen molar-refractivity contribution in [2.75, 3.05) is 6.54 Å². The highest BCUT2D eigenvalue weighted by Gasteiger charge is 1.93. The van der Waals surface area contributed by atoms with E-state index in [1.54, 1.807) is 24.5 Å². The number of thiophene rings is 1. The highest BCUT2D eigenvalue weighted by atomic mass is 32.1. The van der Waals surface area contributed by atoms with E-state index in [0.717, 1.165) is 13.0 Å². The molecule has 1 N–H and O–H groups in total. The van der Waals surface area contributed by atoms with Crippen molar-refractivity contribution < 1.29 is 0 Å². The number of nitrogens with one attached hydrogen (secondary N) is 1. The molecule has 0 saturated carbocycles. The smallest absolute Gasteiger partial charge is 0.207 e. The zero-order valence-corrected chi connectivity index (χ0v) is 8.27. The fraction of sp³-hybridized carbons (Fsp3) is 0.333. The standard InChI is InChI=1S/C9H11N3S/c1-8(12-7-10)11-4-2-9-3-5-13-6-9/h3,5-6H,2,4H2,1H3,(H,11,12). The molecule has 0 aromatic carbocycles. The van der Waals surface area contributed by atoms with E-state index in [1.165, 1.54) is 5.56 Å². The highest BCUT2D eigenvalue weighted by molar-refractivity contribution is 7.07. The number of hydrogen-bond donors (Lipinski definition) is 1. The van der Waals surface area contributed by atoms with Crippen LogP contribution >= 0.6 is 11.3 Å². The molecule has 0 spiro atoms. The van der Waals surface area contributed by atoms with E-state index in [2.05, 4.69) is 27.1 Å². The van der Waals surface area contributed by atoms with Gasteiger partial charge in [-0.3, -0.25) is 0 Å². The van der Waals surface area contributed by atoms with Gasteiger partial charge in [-0.1, -0.05) is 0 Å². The monoisotopic (exact) mass is 193 g/mol. The van der Waals surface area contributed by atoms with Crippen molar-refractivity contribution in [3.8, 4) is 6.19 Å². The molecule has 3 nitrogen and oxygen atoms in total. The molecule has 1 heterocycles. The minimum Gasteiger partial charge on any atom is -0.373 e. The molecule has 68 valence electrons. The summed E-state index contributed by atoms with van der Waals surface area (Å²) in [6, 6.07) is 2.10. The lowest BCUT2D eigenvalue weighted by Gasteiger charge is -2.01. The first-order valence-corrected chi connectivity index (χ1v) is 4.95. The maximum atomic E-state index is 8.24. The summed E-state index contributed by atoms with van der Waals surface area (Å²) in [5, 5.41) is 15.5. The van der Waals surface area contributed by atoms with Gasteiger partial charge in [-0.2, -0.15) is 21.6 Å². The zero-order chi connectivity index (χ0) is 9.52. The van der Waals surface area contributed by atoms with Crippen LogP contribution in [0.5, 0.6) is 0 Å². The van der Waals surface area contributed by atoms with E-state index in [0.29, 0.717) is 5.84 Å². The Bertz CT molecular complexity index is 308. The third-order valence-electron chi connectivity index (χ3n) is 1.59. The second-order valence-corrected chi connectivity index (χ2v) is 3.39. The Balaban J connectivity index is 2.23. The average molecular weight is 193 g/mol. The molecule has 0 saturated heterocycles. The van der Waals surface area contributed by atoms with E-state index in [9.17, 15) is 0 Å². The van der Waals surface area contributed by atoms with Crippen LogP contribution in [0, 0.1) is 11.5 Å². The SMILES string of the molecule is CC(=NC#N)NCCc1ccsc1. The van der Waals surface area contributed by atoms with E-state index >= 15 is 0 Å². The third-order valence-corrected chi connectivity index (χ3v) is 2.32. The number of rotatable bonds is 3. The molecule has 0 unspecified atom stereocenters. The van der Waals surface area contributed by atoms with Crippen LogP contribution in [-0.4, -0.2) is 12.4 Å². The van der Waals surface area contributed by atoms with Crippen molar-refractivity contribution in [2.45, 2.75) is 13.3 Å². The summed E-state index contributed by atoms with van der Waals surface area (Å²) >= 11 is 1.70. The molecular weight excluding hydrogens is 182 g/mol. The van der Waals surface area contributed by atoms with Gasteiger partial charge in [-0.05, 0) is 35.7 Å². The molecule has 0 aliphatic carbocycles. The number of hydrogen-bond acceptors (Lipinski definition) is 3. The minimum absolute atomic E-state index is 0.678. The largest absolute Gasteiger partial charge is 0.373 e. The average Bonchev–Trinajstić information content (AvgIpc) is 2.57. The van der Waals surface area contributed by atoms with Crippen LogP contribution in [0.2, 0.25) is 0 Å². The van der Waals surface area contributed by atoms with Crippen LogP contribution in [-0.2, 0) is 6.42 Å². The quantitative estimate of drug-likeness (QED) is 0.452. The molecule has 0 radical (unpaired) electrons. The lowest BCUT2D eigenvalue weighted by Crippen LogP contribution is -2.22. The highest BCUT2D eigenvalue weighted by Crippen LogP contribution is 2.05. The summed E-state index contributed by atoms with van der Waals surface area (Å²) in [7, 11) is 0. The molecule has 0 fully saturated rings. The van der Waals surface area contributed by atoms with Crippen molar-refractivity contribution in [3.05, 3.63) is 22.4 Å². The van der Waals surface area contributed by atoms with Crippen LogP contribution in [0.4, 0.5) is 0 Å². The Morgan fingerprint density at radius 1 is 1.77 bits per heavy atom. The maximum Gasteiger partial charge on any atom is 0.207 e. The number of amidine groups is 1. The molecule has 4 heteroatoms. The molecule has 0 amide bonds. The molecule has 0 bridgehead atoms. The van der Waals surface area contributed by atoms with Crippen LogP contribution in [0.1, 0.15) is 12.5 Å². The van der Waals surface area contributed by atoms with E-state index in [1.807, 2.05) is 0 Å². The second kappa shape index (κ2) is 5.33. The van der Waals surface area contributed by atoms with Gasteiger partial charge in [0.05, 0.1) is 0 Å². The minimum atomic E-state index is 0.678. The summed E-state index contributed by atoms with van der Waals surface area (Å²) in [5.41, 5.74) is 1.32. The first-order chi connectivity index (χ1) is 6.33. The predicted octanol–water partition coefficient (Wildman–Crippen LogP) is 1.78. The Morgan fingerprint density at radius 2 is 2.62 bits per heavy atom. The Morgan fingerprint density at radius 3 is 3.23 bits per heavy atom. The molecule has 13 heavy (non-hydrogen) atoms. The van der Waals surface area contributed by atoms with Gasteiger partial charge in [0.15, 0.2) is 0 Å². The molecule has 1 aromatic rings. The zero-order valence-electron chi connectivity index (χ0n) is 7.45. The van der Waals surface area contributed by atoms with Gasteiger partial charge in [0.25, 0.3) is 0 Å². The van der Waals surface area contributed by atoms with Gasteiger partial charge in [0, 0.05) is 6.54 Å². The topological polar surface area (TPSA) is 48.2 Å². The fourth-order valence-electron chi connectivity index (χ4n) is 0.937. The van der Waals surface area contributed by atoms with Gasteiger partial charge < -0.3 is 5.32 Å². The fourth-order valence-corrected chi connectivity index (χ4v) is 1.64. The van der Waals surface area contributed by atoms with Crippen LogP contribution in [0.3, 0.4) is 0 Å².